The molecule has 0 saturated carbocycles. The maximum Gasteiger partial charge on any atom is 0.251 e. The van der Waals surface area contributed by atoms with Crippen molar-refractivity contribution >= 4 is 17.7 Å². The average Bonchev–Trinajstić information content (AvgIpc) is 2.90. The minimum atomic E-state index is -1.14. The second kappa shape index (κ2) is 7.58. The van der Waals surface area contributed by atoms with Crippen LogP contribution in [0.15, 0.2) is 0 Å². The van der Waals surface area contributed by atoms with E-state index >= 15 is 0 Å². The van der Waals surface area contributed by atoms with E-state index in [1.54, 1.807) is 7.05 Å². The third kappa shape index (κ3) is 4.19. The van der Waals surface area contributed by atoms with Gasteiger partial charge in [-0.05, 0) is 32.1 Å². The van der Waals surface area contributed by atoms with Crippen molar-refractivity contribution in [2.75, 3.05) is 13.6 Å². The number of hydrogen-bond acceptors (Lipinski definition) is 4. The van der Waals surface area contributed by atoms with Crippen molar-refractivity contribution in [3.05, 3.63) is 0 Å². The Bertz CT molecular complexity index is 437. The number of aliphatic hydroxyl groups is 1. The van der Waals surface area contributed by atoms with Crippen LogP contribution in [0.3, 0.4) is 0 Å². The number of aliphatic hydroxyl groups excluding tert-OH is 1. The molecular weight excluding hydrogens is 286 g/mol. The molecule has 7 heteroatoms. The molecule has 1 saturated heterocycles. The van der Waals surface area contributed by atoms with Gasteiger partial charge in [-0.15, -0.1) is 0 Å². The van der Waals surface area contributed by atoms with Crippen LogP contribution in [0.2, 0.25) is 0 Å². The van der Waals surface area contributed by atoms with E-state index in [4.69, 9.17) is 5.73 Å². The first-order valence-electron chi connectivity index (χ1n) is 7.71. The molecule has 0 aromatic heterocycles. The zero-order chi connectivity index (χ0) is 17.0. The fourth-order valence-corrected chi connectivity index (χ4v) is 2.83. The molecule has 0 radical (unpaired) electrons. The average molecular weight is 313 g/mol. The molecule has 126 valence electrons. The first-order valence-corrected chi connectivity index (χ1v) is 7.71. The van der Waals surface area contributed by atoms with Crippen molar-refractivity contribution in [3.8, 4) is 0 Å². The highest BCUT2D eigenvalue weighted by Crippen LogP contribution is 2.22. The molecule has 3 amide bonds. The second-order valence-electron chi connectivity index (χ2n) is 6.36. The monoisotopic (exact) mass is 313 g/mol. The summed E-state index contributed by atoms with van der Waals surface area (Å²) >= 11 is 0. The minimum absolute atomic E-state index is 0.214. The van der Waals surface area contributed by atoms with Crippen molar-refractivity contribution < 1.29 is 19.5 Å². The number of primary amides is 1. The summed E-state index contributed by atoms with van der Waals surface area (Å²) in [6.45, 7) is 5.73. The number of rotatable bonds is 6. The second-order valence-corrected chi connectivity index (χ2v) is 6.36. The van der Waals surface area contributed by atoms with Gasteiger partial charge in [0.15, 0.2) is 0 Å². The van der Waals surface area contributed by atoms with Gasteiger partial charge in [-0.25, -0.2) is 0 Å². The Labute approximate surface area is 131 Å². The van der Waals surface area contributed by atoms with Crippen molar-refractivity contribution in [3.63, 3.8) is 0 Å². The summed E-state index contributed by atoms with van der Waals surface area (Å²) in [4.78, 5) is 39.0. The normalized spacial score (nSPS) is 20.8. The van der Waals surface area contributed by atoms with Crippen LogP contribution >= 0.6 is 0 Å². The topological polar surface area (TPSA) is 104 Å². The number of nitrogens with zero attached hydrogens (tertiary/aromatic N) is 2. The van der Waals surface area contributed by atoms with Gasteiger partial charge in [0, 0.05) is 13.6 Å². The summed E-state index contributed by atoms with van der Waals surface area (Å²) in [6.07, 6.45) is 0.582. The number of carbonyl (C=O) groups excluding carboxylic acids is 3. The summed E-state index contributed by atoms with van der Waals surface area (Å²) in [5.41, 5.74) is 5.41. The molecule has 3 N–H and O–H groups in total. The Morgan fingerprint density at radius 2 is 1.91 bits per heavy atom. The van der Waals surface area contributed by atoms with Crippen molar-refractivity contribution in [1.29, 1.82) is 0 Å². The lowest BCUT2D eigenvalue weighted by molar-refractivity contribution is -0.149. The first-order chi connectivity index (χ1) is 10.2. The molecule has 1 fully saturated rings. The van der Waals surface area contributed by atoms with Crippen molar-refractivity contribution in [2.24, 2.45) is 11.7 Å². The molecule has 22 heavy (non-hydrogen) atoms. The van der Waals surface area contributed by atoms with Crippen molar-refractivity contribution in [2.45, 2.75) is 58.2 Å². The predicted octanol–water partition coefficient (Wildman–Crippen LogP) is -0.283. The van der Waals surface area contributed by atoms with E-state index in [1.165, 1.54) is 16.7 Å². The number of carbonyl (C=O) groups is 3. The SMILES string of the molecule is CC(C)C[C@H](C(N)=O)N(C)C(=O)C1CCCN1C(=O)C(C)O. The molecule has 1 aliphatic heterocycles. The Balaban J connectivity index is 2.88. The Morgan fingerprint density at radius 1 is 1.32 bits per heavy atom. The van der Waals surface area contributed by atoms with Gasteiger partial charge in [-0.2, -0.15) is 0 Å². The molecule has 0 aliphatic carbocycles. The molecule has 0 spiro atoms. The quantitative estimate of drug-likeness (QED) is 0.703. The Morgan fingerprint density at radius 3 is 2.36 bits per heavy atom. The summed E-state index contributed by atoms with van der Waals surface area (Å²) in [6, 6.07) is -1.31. The van der Waals surface area contributed by atoms with E-state index in [0.29, 0.717) is 25.8 Å². The lowest BCUT2D eigenvalue weighted by Gasteiger charge is -2.32. The van der Waals surface area contributed by atoms with Gasteiger partial charge in [0.05, 0.1) is 0 Å². The molecule has 3 atom stereocenters. The van der Waals surface area contributed by atoms with Crippen molar-refractivity contribution in [1.82, 2.24) is 9.80 Å². The van der Waals surface area contributed by atoms with Gasteiger partial charge in [-0.3, -0.25) is 14.4 Å². The van der Waals surface area contributed by atoms with Crippen LogP contribution in [0.25, 0.3) is 0 Å². The van der Waals surface area contributed by atoms with E-state index in [0.717, 1.165) is 0 Å². The minimum Gasteiger partial charge on any atom is -0.384 e. The molecule has 1 heterocycles. The highest BCUT2D eigenvalue weighted by Gasteiger charge is 2.39. The maximum absolute atomic E-state index is 12.7. The zero-order valence-electron chi connectivity index (χ0n) is 13.8. The smallest absolute Gasteiger partial charge is 0.251 e. The van der Waals surface area contributed by atoms with Gasteiger partial charge in [-0.1, -0.05) is 13.8 Å². The largest absolute Gasteiger partial charge is 0.384 e. The van der Waals surface area contributed by atoms with Crippen LogP contribution in [-0.4, -0.2) is 64.4 Å². The molecule has 7 nitrogen and oxygen atoms in total. The zero-order valence-corrected chi connectivity index (χ0v) is 13.8. The van der Waals surface area contributed by atoms with Crippen LogP contribution in [0.1, 0.15) is 40.0 Å². The molecule has 2 unspecified atom stereocenters. The Hall–Kier alpha value is -1.63. The van der Waals surface area contributed by atoms with Crippen LogP contribution in [0.5, 0.6) is 0 Å². The van der Waals surface area contributed by atoms with E-state index in [1.807, 2.05) is 13.8 Å². The van der Waals surface area contributed by atoms with Gasteiger partial charge in [0.2, 0.25) is 11.8 Å². The molecular formula is C15H27N3O4. The van der Waals surface area contributed by atoms with Gasteiger partial charge in [0.25, 0.3) is 5.91 Å². The van der Waals surface area contributed by atoms with Crippen LogP contribution < -0.4 is 5.73 Å². The third-order valence-electron chi connectivity index (χ3n) is 4.02. The Kier molecular flexibility index (Phi) is 6.34. The first kappa shape index (κ1) is 18.4. The van der Waals surface area contributed by atoms with Crippen LogP contribution in [0, 0.1) is 5.92 Å². The molecule has 1 aliphatic rings. The van der Waals surface area contributed by atoms with E-state index in [9.17, 15) is 19.5 Å². The molecule has 0 aromatic carbocycles. The molecule has 0 bridgehead atoms. The number of likely N-dealkylation sites (N-methyl/N-ethyl adjacent to an activating group) is 1. The van der Waals surface area contributed by atoms with Crippen LogP contribution in [-0.2, 0) is 14.4 Å². The number of nitrogens with two attached hydrogens (primary N) is 1. The predicted molar refractivity (Wildman–Crippen MR) is 81.6 cm³/mol. The maximum atomic E-state index is 12.7. The summed E-state index contributed by atoms with van der Waals surface area (Å²) in [5, 5.41) is 9.45. The summed E-state index contributed by atoms with van der Waals surface area (Å²) in [7, 11) is 1.55. The van der Waals surface area contributed by atoms with Gasteiger partial charge < -0.3 is 20.6 Å². The highest BCUT2D eigenvalue weighted by molar-refractivity contribution is 5.92. The van der Waals surface area contributed by atoms with E-state index in [2.05, 4.69) is 0 Å². The third-order valence-corrected chi connectivity index (χ3v) is 4.02. The van der Waals surface area contributed by atoms with E-state index in [-0.39, 0.29) is 11.8 Å². The van der Waals surface area contributed by atoms with Gasteiger partial charge >= 0.3 is 0 Å². The number of likely N-dealkylation sites (tertiary alicyclic amines) is 1. The number of hydrogen-bond donors (Lipinski definition) is 2. The summed E-state index contributed by atoms with van der Waals surface area (Å²) < 4.78 is 0. The molecule has 0 aromatic rings. The lowest BCUT2D eigenvalue weighted by Crippen LogP contribution is -2.54. The molecule has 1 rings (SSSR count). The van der Waals surface area contributed by atoms with Crippen LogP contribution in [0.4, 0.5) is 0 Å². The fourth-order valence-electron chi connectivity index (χ4n) is 2.83. The lowest BCUT2D eigenvalue weighted by atomic mass is 10.0. The standard InChI is InChI=1S/C15H27N3O4/c1-9(2)8-12(13(16)20)17(4)15(22)11-6-5-7-18(11)14(21)10(3)19/h9-12,19H,5-8H2,1-4H3,(H2,16,20)/t10?,11?,12-/m1/s1. The van der Waals surface area contributed by atoms with E-state index < -0.39 is 30.0 Å². The van der Waals surface area contributed by atoms with Gasteiger partial charge in [0.1, 0.15) is 18.2 Å². The highest BCUT2D eigenvalue weighted by atomic mass is 16.3. The fraction of sp³-hybridized carbons (Fsp3) is 0.800. The summed E-state index contributed by atoms with van der Waals surface area (Å²) in [5.74, 6) is -1.08. The number of amides is 3.